The number of anilines is 3. The zero-order valence-corrected chi connectivity index (χ0v) is 12.1. The Kier molecular flexibility index (Phi) is 3.94. The number of rotatable bonds is 2. The summed E-state index contributed by atoms with van der Waals surface area (Å²) in [6.07, 6.45) is -4.41. The van der Waals surface area contributed by atoms with Crippen LogP contribution in [0.4, 0.5) is 30.2 Å². The number of benzene rings is 2. The molecule has 6 heteroatoms. The maximum Gasteiger partial charge on any atom is 0.417 e. The largest absolute Gasteiger partial charge is 0.417 e. The van der Waals surface area contributed by atoms with Crippen molar-refractivity contribution < 1.29 is 13.2 Å². The Morgan fingerprint density at radius 2 is 1.85 bits per heavy atom. The first kappa shape index (κ1) is 14.7. The molecule has 0 aromatic heterocycles. The molecule has 0 aliphatic heterocycles. The highest BCUT2D eigenvalue weighted by atomic mass is 79.9. The van der Waals surface area contributed by atoms with Crippen LogP contribution in [0.3, 0.4) is 0 Å². The average molecular weight is 345 g/mol. The van der Waals surface area contributed by atoms with Crippen molar-refractivity contribution in [2.45, 2.75) is 13.1 Å². The maximum atomic E-state index is 12.8. The maximum absolute atomic E-state index is 12.8. The van der Waals surface area contributed by atoms with E-state index in [-0.39, 0.29) is 4.47 Å². The van der Waals surface area contributed by atoms with Crippen molar-refractivity contribution in [3.63, 3.8) is 0 Å². The molecular formula is C14H12BrF3N2. The molecule has 0 radical (unpaired) electrons. The molecule has 2 nitrogen and oxygen atoms in total. The van der Waals surface area contributed by atoms with E-state index in [9.17, 15) is 13.2 Å². The Labute approximate surface area is 122 Å². The summed E-state index contributed by atoms with van der Waals surface area (Å²) in [5.74, 6) is 0. The number of nitrogen functional groups attached to an aromatic ring is 1. The summed E-state index contributed by atoms with van der Waals surface area (Å²) in [6, 6.07) is 9.29. The van der Waals surface area contributed by atoms with E-state index >= 15 is 0 Å². The van der Waals surface area contributed by atoms with Gasteiger partial charge in [0.05, 0.1) is 16.9 Å². The van der Waals surface area contributed by atoms with Crippen molar-refractivity contribution >= 4 is 33.0 Å². The van der Waals surface area contributed by atoms with Crippen molar-refractivity contribution in [1.29, 1.82) is 0 Å². The predicted molar refractivity (Wildman–Crippen MR) is 78.0 cm³/mol. The van der Waals surface area contributed by atoms with Gasteiger partial charge in [-0.05, 0) is 36.8 Å². The summed E-state index contributed by atoms with van der Waals surface area (Å²) in [5, 5.41) is 2.93. The number of halogens is 4. The van der Waals surface area contributed by atoms with E-state index in [0.717, 1.165) is 11.6 Å². The summed E-state index contributed by atoms with van der Waals surface area (Å²) >= 11 is 2.91. The highest BCUT2D eigenvalue weighted by molar-refractivity contribution is 9.10. The van der Waals surface area contributed by atoms with E-state index in [1.807, 2.05) is 13.0 Å². The van der Waals surface area contributed by atoms with Crippen LogP contribution in [0, 0.1) is 6.92 Å². The van der Waals surface area contributed by atoms with Gasteiger partial charge in [0.25, 0.3) is 0 Å². The van der Waals surface area contributed by atoms with Gasteiger partial charge in [0.2, 0.25) is 0 Å². The molecule has 2 aromatic carbocycles. The first-order valence-electron chi connectivity index (χ1n) is 5.78. The second kappa shape index (κ2) is 5.36. The fourth-order valence-electron chi connectivity index (χ4n) is 1.83. The molecule has 0 fully saturated rings. The van der Waals surface area contributed by atoms with Gasteiger partial charge in [0, 0.05) is 10.2 Å². The number of para-hydroxylation sites is 1. The second-order valence-corrected chi connectivity index (χ2v) is 5.21. The van der Waals surface area contributed by atoms with Crippen LogP contribution in [0.1, 0.15) is 11.1 Å². The lowest BCUT2D eigenvalue weighted by molar-refractivity contribution is -0.138. The van der Waals surface area contributed by atoms with Crippen molar-refractivity contribution in [3.8, 4) is 0 Å². The Morgan fingerprint density at radius 1 is 1.15 bits per heavy atom. The molecule has 0 aliphatic rings. The number of nitrogens with one attached hydrogen (secondary N) is 1. The summed E-state index contributed by atoms with van der Waals surface area (Å²) in [6.45, 7) is 1.84. The van der Waals surface area contributed by atoms with Gasteiger partial charge < -0.3 is 11.1 Å². The highest BCUT2D eigenvalue weighted by Crippen LogP contribution is 2.37. The monoisotopic (exact) mass is 344 g/mol. The number of alkyl halides is 3. The number of hydrogen-bond acceptors (Lipinski definition) is 2. The highest BCUT2D eigenvalue weighted by Gasteiger charge is 2.33. The first-order valence-corrected chi connectivity index (χ1v) is 6.57. The van der Waals surface area contributed by atoms with Gasteiger partial charge in [0.15, 0.2) is 0 Å². The number of hydrogen-bond donors (Lipinski definition) is 2. The van der Waals surface area contributed by atoms with Crippen LogP contribution in [-0.2, 0) is 6.18 Å². The van der Waals surface area contributed by atoms with Gasteiger partial charge in [-0.25, -0.2) is 0 Å². The third-order valence-electron chi connectivity index (χ3n) is 2.85. The molecule has 0 heterocycles. The van der Waals surface area contributed by atoms with E-state index < -0.39 is 11.7 Å². The van der Waals surface area contributed by atoms with E-state index in [0.29, 0.717) is 17.1 Å². The third kappa shape index (κ3) is 3.07. The van der Waals surface area contributed by atoms with Crippen LogP contribution >= 0.6 is 15.9 Å². The molecular weight excluding hydrogens is 333 g/mol. The normalized spacial score (nSPS) is 11.4. The minimum Gasteiger partial charge on any atom is -0.397 e. The predicted octanol–water partition coefficient (Wildman–Crippen LogP) is 5.10. The smallest absolute Gasteiger partial charge is 0.397 e. The van der Waals surface area contributed by atoms with Gasteiger partial charge in [-0.2, -0.15) is 13.2 Å². The van der Waals surface area contributed by atoms with Crippen molar-refractivity contribution in [1.82, 2.24) is 0 Å². The van der Waals surface area contributed by atoms with Crippen LogP contribution in [0.15, 0.2) is 40.9 Å². The van der Waals surface area contributed by atoms with E-state index in [4.69, 9.17) is 5.73 Å². The molecule has 2 aromatic rings. The first-order chi connectivity index (χ1) is 9.29. The topological polar surface area (TPSA) is 38.0 Å². The fourth-order valence-corrected chi connectivity index (χ4v) is 2.30. The standard InChI is InChI=1S/C14H12BrF3N2/c1-8-3-2-4-12(19)13(8)20-9-5-6-11(15)10(7-9)14(16,17)18/h2-7,20H,19H2,1H3. The van der Waals surface area contributed by atoms with Crippen molar-refractivity contribution in [2.24, 2.45) is 0 Å². The van der Waals surface area contributed by atoms with Crippen LogP contribution in [0.25, 0.3) is 0 Å². The lowest BCUT2D eigenvalue weighted by atomic mass is 10.1. The molecule has 2 rings (SSSR count). The molecule has 0 amide bonds. The fraction of sp³-hybridized carbons (Fsp3) is 0.143. The molecule has 0 spiro atoms. The summed E-state index contributed by atoms with van der Waals surface area (Å²) in [5.41, 5.74) is 7.40. The minimum absolute atomic E-state index is 0.00769. The Bertz CT molecular complexity index is 619. The van der Waals surface area contributed by atoms with Gasteiger partial charge in [-0.15, -0.1) is 0 Å². The van der Waals surface area contributed by atoms with Crippen LogP contribution in [0.2, 0.25) is 0 Å². The molecule has 0 bridgehead atoms. The molecule has 0 saturated heterocycles. The van der Waals surface area contributed by atoms with Gasteiger partial charge >= 0.3 is 6.18 Å². The molecule has 0 atom stereocenters. The summed E-state index contributed by atoms with van der Waals surface area (Å²) in [4.78, 5) is 0. The Balaban J connectivity index is 2.40. The molecule has 20 heavy (non-hydrogen) atoms. The zero-order chi connectivity index (χ0) is 14.9. The number of nitrogens with two attached hydrogens (primary N) is 1. The SMILES string of the molecule is Cc1cccc(N)c1Nc1ccc(Br)c(C(F)(F)F)c1. The van der Waals surface area contributed by atoms with Gasteiger partial charge in [0.1, 0.15) is 0 Å². The second-order valence-electron chi connectivity index (χ2n) is 4.36. The number of aryl methyl sites for hydroxylation is 1. The van der Waals surface area contributed by atoms with Crippen LogP contribution in [0.5, 0.6) is 0 Å². The summed E-state index contributed by atoms with van der Waals surface area (Å²) < 4.78 is 38.5. The van der Waals surface area contributed by atoms with Crippen molar-refractivity contribution in [2.75, 3.05) is 11.1 Å². The minimum atomic E-state index is -4.41. The Hall–Kier alpha value is -1.69. The average Bonchev–Trinajstić information content (AvgIpc) is 2.34. The summed E-state index contributed by atoms with van der Waals surface area (Å²) in [7, 11) is 0. The molecule has 0 unspecified atom stereocenters. The van der Waals surface area contributed by atoms with E-state index in [1.165, 1.54) is 6.07 Å². The van der Waals surface area contributed by atoms with Crippen molar-refractivity contribution in [3.05, 3.63) is 52.0 Å². The van der Waals surface area contributed by atoms with E-state index in [1.54, 1.807) is 18.2 Å². The van der Waals surface area contributed by atoms with E-state index in [2.05, 4.69) is 21.2 Å². The van der Waals surface area contributed by atoms with Gasteiger partial charge in [-0.3, -0.25) is 0 Å². The Morgan fingerprint density at radius 3 is 2.45 bits per heavy atom. The lowest BCUT2D eigenvalue weighted by Crippen LogP contribution is -2.07. The van der Waals surface area contributed by atoms with Crippen LogP contribution < -0.4 is 11.1 Å². The van der Waals surface area contributed by atoms with Crippen LogP contribution in [-0.4, -0.2) is 0 Å². The van der Waals surface area contributed by atoms with Gasteiger partial charge in [-0.1, -0.05) is 28.1 Å². The molecule has 0 saturated carbocycles. The molecule has 3 N–H and O–H groups in total. The lowest BCUT2D eigenvalue weighted by Gasteiger charge is -2.15. The quantitative estimate of drug-likeness (QED) is 0.743. The molecule has 106 valence electrons. The molecule has 0 aliphatic carbocycles. The third-order valence-corrected chi connectivity index (χ3v) is 3.54. The zero-order valence-electron chi connectivity index (χ0n) is 10.6.